The van der Waals surface area contributed by atoms with Crippen LogP contribution in [0, 0.1) is 0 Å². The van der Waals surface area contributed by atoms with E-state index in [2.05, 4.69) is 43.5 Å². The van der Waals surface area contributed by atoms with Gasteiger partial charge in [0.05, 0.1) is 31.3 Å². The summed E-state index contributed by atoms with van der Waals surface area (Å²) in [5.41, 5.74) is 0. The summed E-state index contributed by atoms with van der Waals surface area (Å²) < 4.78 is 0. The van der Waals surface area contributed by atoms with Crippen LogP contribution in [-0.2, 0) is 4.79 Å². The molecular formula is C52H99NO4. The van der Waals surface area contributed by atoms with Crippen molar-refractivity contribution in [3.05, 3.63) is 36.5 Å². The summed E-state index contributed by atoms with van der Waals surface area (Å²) in [5, 5.41) is 33.2. The van der Waals surface area contributed by atoms with Crippen molar-refractivity contribution in [3.8, 4) is 0 Å². The van der Waals surface area contributed by atoms with E-state index < -0.39 is 18.2 Å². The standard InChI is InChI=1S/C52H99NO4/c1-3-5-7-9-11-13-15-17-18-19-20-21-22-23-24-25-26-27-28-29-30-31-32-34-35-37-39-41-43-45-49(55)47-52(57)53-50(48-54)51(56)46-44-42-40-38-36-33-16-14-12-10-8-6-4-2/h12,14,36,38,44,46,49-51,54-56H,3-11,13,15-35,37,39-43,45,47-48H2,1-2H3,(H,53,57)/b14-12+,38-36+,46-44+. The highest BCUT2D eigenvalue weighted by Crippen LogP contribution is 2.17. The molecule has 0 rings (SSSR count). The van der Waals surface area contributed by atoms with Crippen molar-refractivity contribution < 1.29 is 20.1 Å². The first-order valence-electron chi connectivity index (χ1n) is 25.3. The molecule has 0 aromatic rings. The molecule has 0 saturated carbocycles. The Balaban J connectivity index is 3.53. The van der Waals surface area contributed by atoms with Gasteiger partial charge in [0.1, 0.15) is 0 Å². The van der Waals surface area contributed by atoms with Crippen molar-refractivity contribution in [3.63, 3.8) is 0 Å². The van der Waals surface area contributed by atoms with Crippen LogP contribution >= 0.6 is 0 Å². The van der Waals surface area contributed by atoms with Gasteiger partial charge in [-0.1, -0.05) is 249 Å². The van der Waals surface area contributed by atoms with Gasteiger partial charge < -0.3 is 20.6 Å². The maximum atomic E-state index is 12.4. The van der Waals surface area contributed by atoms with E-state index in [-0.39, 0.29) is 18.9 Å². The molecule has 57 heavy (non-hydrogen) atoms. The van der Waals surface area contributed by atoms with Gasteiger partial charge >= 0.3 is 0 Å². The van der Waals surface area contributed by atoms with Crippen molar-refractivity contribution in [2.24, 2.45) is 0 Å². The Morgan fingerprint density at radius 3 is 1.12 bits per heavy atom. The first kappa shape index (κ1) is 55.6. The molecule has 3 atom stereocenters. The molecule has 0 fully saturated rings. The number of hydrogen-bond acceptors (Lipinski definition) is 4. The lowest BCUT2D eigenvalue weighted by Gasteiger charge is -2.21. The molecule has 336 valence electrons. The number of rotatable bonds is 46. The Hall–Kier alpha value is -1.43. The summed E-state index contributed by atoms with van der Waals surface area (Å²) in [5.74, 6) is -0.327. The summed E-state index contributed by atoms with van der Waals surface area (Å²) >= 11 is 0. The van der Waals surface area contributed by atoms with Crippen LogP contribution in [-0.4, -0.2) is 46.1 Å². The second-order valence-electron chi connectivity index (χ2n) is 17.4. The van der Waals surface area contributed by atoms with Crippen molar-refractivity contribution in [2.75, 3.05) is 6.61 Å². The summed E-state index contributed by atoms with van der Waals surface area (Å²) in [4.78, 5) is 12.4. The zero-order valence-corrected chi connectivity index (χ0v) is 38.2. The molecule has 0 aromatic carbocycles. The SMILES string of the molecule is CCCCC/C=C/CC/C=C/CC/C=C/C(O)C(CO)NC(=O)CC(O)CCCCCCCCCCCCCCCCCCCCCCCCCCCCCCC. The average molecular weight is 802 g/mol. The van der Waals surface area contributed by atoms with Crippen LogP contribution in [0.25, 0.3) is 0 Å². The second-order valence-corrected chi connectivity index (χ2v) is 17.4. The Bertz CT molecular complexity index is 885. The Morgan fingerprint density at radius 1 is 0.439 bits per heavy atom. The van der Waals surface area contributed by atoms with Gasteiger partial charge in [0.15, 0.2) is 0 Å². The van der Waals surface area contributed by atoms with E-state index in [0.717, 1.165) is 38.5 Å². The third kappa shape index (κ3) is 44.0. The van der Waals surface area contributed by atoms with Crippen LogP contribution in [0.5, 0.6) is 0 Å². The maximum absolute atomic E-state index is 12.4. The maximum Gasteiger partial charge on any atom is 0.222 e. The first-order chi connectivity index (χ1) is 28.0. The number of unbranched alkanes of at least 4 members (excludes halogenated alkanes) is 33. The quantitative estimate of drug-likeness (QED) is 0.0365. The van der Waals surface area contributed by atoms with Crippen LogP contribution in [0.1, 0.15) is 264 Å². The van der Waals surface area contributed by atoms with E-state index in [4.69, 9.17) is 0 Å². The second kappa shape index (κ2) is 47.3. The average Bonchev–Trinajstić information content (AvgIpc) is 3.20. The van der Waals surface area contributed by atoms with Gasteiger partial charge in [0.2, 0.25) is 5.91 Å². The zero-order chi connectivity index (χ0) is 41.5. The minimum absolute atomic E-state index is 0.00515. The highest BCUT2D eigenvalue weighted by molar-refractivity contribution is 5.76. The smallest absolute Gasteiger partial charge is 0.222 e. The van der Waals surface area contributed by atoms with Gasteiger partial charge in [-0.25, -0.2) is 0 Å². The fraction of sp³-hybridized carbons (Fsp3) is 0.865. The molecule has 4 N–H and O–H groups in total. The third-order valence-corrected chi connectivity index (χ3v) is 11.7. The predicted molar refractivity (Wildman–Crippen MR) is 250 cm³/mol. The topological polar surface area (TPSA) is 89.8 Å². The predicted octanol–water partition coefficient (Wildman–Crippen LogP) is 15.1. The number of carbonyl (C=O) groups excluding carboxylic acids is 1. The number of nitrogens with one attached hydrogen (secondary N) is 1. The largest absolute Gasteiger partial charge is 0.394 e. The van der Waals surface area contributed by atoms with Gasteiger partial charge in [-0.05, 0) is 44.9 Å². The zero-order valence-electron chi connectivity index (χ0n) is 38.2. The van der Waals surface area contributed by atoms with Crippen LogP contribution in [0.4, 0.5) is 0 Å². The van der Waals surface area contributed by atoms with Crippen molar-refractivity contribution >= 4 is 5.91 Å². The molecule has 0 spiro atoms. The molecule has 0 aliphatic carbocycles. The molecule has 5 heteroatoms. The van der Waals surface area contributed by atoms with E-state index in [1.807, 2.05) is 6.08 Å². The molecule has 0 heterocycles. The van der Waals surface area contributed by atoms with Crippen LogP contribution in [0.15, 0.2) is 36.5 Å². The summed E-state index contributed by atoms with van der Waals surface area (Å²) in [6, 6.07) is -0.765. The number of hydrogen-bond donors (Lipinski definition) is 4. The van der Waals surface area contributed by atoms with E-state index >= 15 is 0 Å². The molecule has 0 aromatic heterocycles. The van der Waals surface area contributed by atoms with Crippen LogP contribution < -0.4 is 5.32 Å². The molecule has 1 amide bonds. The van der Waals surface area contributed by atoms with Gasteiger partial charge in [0, 0.05) is 0 Å². The fourth-order valence-electron chi connectivity index (χ4n) is 7.79. The molecule has 5 nitrogen and oxygen atoms in total. The molecule has 3 unspecified atom stereocenters. The van der Waals surface area contributed by atoms with E-state index in [0.29, 0.717) is 6.42 Å². The Kier molecular flexibility index (Phi) is 46.1. The number of carbonyl (C=O) groups is 1. The molecule has 0 aliphatic rings. The lowest BCUT2D eigenvalue weighted by molar-refractivity contribution is -0.124. The number of allylic oxidation sites excluding steroid dienone is 5. The van der Waals surface area contributed by atoms with Gasteiger partial charge in [0.25, 0.3) is 0 Å². The lowest BCUT2D eigenvalue weighted by Crippen LogP contribution is -2.45. The first-order valence-corrected chi connectivity index (χ1v) is 25.3. The van der Waals surface area contributed by atoms with Crippen molar-refractivity contribution in [1.82, 2.24) is 5.32 Å². The monoisotopic (exact) mass is 802 g/mol. The van der Waals surface area contributed by atoms with E-state index in [1.54, 1.807) is 6.08 Å². The number of aliphatic hydroxyl groups excluding tert-OH is 3. The normalized spacial score (nSPS) is 13.7. The molecule has 0 aliphatic heterocycles. The minimum atomic E-state index is -0.957. The number of amides is 1. The van der Waals surface area contributed by atoms with Crippen LogP contribution in [0.3, 0.4) is 0 Å². The number of aliphatic hydroxyl groups is 3. The lowest BCUT2D eigenvalue weighted by atomic mass is 10.0. The molecule has 0 saturated heterocycles. The van der Waals surface area contributed by atoms with Gasteiger partial charge in [-0.2, -0.15) is 0 Å². The molecule has 0 radical (unpaired) electrons. The summed E-state index contributed by atoms with van der Waals surface area (Å²) in [6.07, 6.45) is 60.4. The fourth-order valence-corrected chi connectivity index (χ4v) is 7.79. The Morgan fingerprint density at radius 2 is 0.754 bits per heavy atom. The van der Waals surface area contributed by atoms with E-state index in [1.165, 1.54) is 199 Å². The van der Waals surface area contributed by atoms with Gasteiger partial charge in [-0.15, -0.1) is 0 Å². The van der Waals surface area contributed by atoms with Gasteiger partial charge in [-0.3, -0.25) is 4.79 Å². The van der Waals surface area contributed by atoms with Crippen molar-refractivity contribution in [2.45, 2.75) is 283 Å². The Labute approximate surface area is 355 Å². The highest BCUT2D eigenvalue weighted by atomic mass is 16.3. The minimum Gasteiger partial charge on any atom is -0.394 e. The molecular weight excluding hydrogens is 703 g/mol. The van der Waals surface area contributed by atoms with Crippen LogP contribution in [0.2, 0.25) is 0 Å². The van der Waals surface area contributed by atoms with E-state index in [9.17, 15) is 20.1 Å². The summed E-state index contributed by atoms with van der Waals surface area (Å²) in [7, 11) is 0. The summed E-state index contributed by atoms with van der Waals surface area (Å²) in [6.45, 7) is 4.18. The van der Waals surface area contributed by atoms with Crippen molar-refractivity contribution in [1.29, 1.82) is 0 Å². The third-order valence-electron chi connectivity index (χ3n) is 11.7. The highest BCUT2D eigenvalue weighted by Gasteiger charge is 2.20. The molecule has 0 bridgehead atoms.